The van der Waals surface area contributed by atoms with E-state index in [1.165, 1.54) is 0 Å². The van der Waals surface area contributed by atoms with E-state index >= 15 is 0 Å². The van der Waals surface area contributed by atoms with Crippen molar-refractivity contribution >= 4 is 5.78 Å². The van der Waals surface area contributed by atoms with Crippen LogP contribution in [0.25, 0.3) is 0 Å². The predicted octanol–water partition coefficient (Wildman–Crippen LogP) is 0.379. The number of carbonyl (C=O) groups is 1. The Bertz CT molecular complexity index is 173. The van der Waals surface area contributed by atoms with Gasteiger partial charge in [0.1, 0.15) is 0 Å². The number of rotatable bonds is 1. The van der Waals surface area contributed by atoms with Gasteiger partial charge in [0, 0.05) is 0 Å². The molecule has 0 spiro atoms. The third-order valence-electron chi connectivity index (χ3n) is 0.614. The summed E-state index contributed by atoms with van der Waals surface area (Å²) in [6.07, 6.45) is -4.91. The number of alkyl halides is 3. The maximum atomic E-state index is 11.3. The average molecular weight is 209 g/mol. The number of hydrogen-bond donors (Lipinski definition) is 0. The molecule has 0 amide bonds. The van der Waals surface area contributed by atoms with Crippen molar-refractivity contribution in [2.75, 3.05) is 0 Å². The van der Waals surface area contributed by atoms with Crippen molar-refractivity contribution < 1.29 is 40.1 Å². The van der Waals surface area contributed by atoms with E-state index in [0.29, 0.717) is 0 Å². The first-order valence-corrected chi connectivity index (χ1v) is 2.30. The van der Waals surface area contributed by atoms with Crippen LogP contribution in [0.5, 0.6) is 0 Å². The van der Waals surface area contributed by atoms with Gasteiger partial charge in [0.2, 0.25) is 0 Å². The molecule has 63 valence electrons. The van der Waals surface area contributed by atoms with E-state index < -0.39 is 17.7 Å². The van der Waals surface area contributed by atoms with Crippen LogP contribution in [0.15, 0.2) is 11.8 Å². The molecule has 2 nitrogen and oxygen atoms in total. The van der Waals surface area contributed by atoms with Crippen molar-refractivity contribution in [2.45, 2.75) is 13.1 Å². The standard InChI is InChI=1S/C5H5F3O2.Fe/c1-3(9)2-4(10)5(6,7)8;/h2,10H,1H3;/q;+3/p-1/b4-2-;. The van der Waals surface area contributed by atoms with Crippen LogP contribution < -0.4 is 5.11 Å². The molecular weight excluding hydrogens is 205 g/mol. The molecule has 0 N–H and O–H groups in total. The molecule has 0 unspecified atom stereocenters. The summed E-state index contributed by atoms with van der Waals surface area (Å²) in [5.41, 5.74) is 0. The Hall–Kier alpha value is -0.481. The molecule has 0 aromatic carbocycles. The normalized spacial score (nSPS) is 12.2. The van der Waals surface area contributed by atoms with Gasteiger partial charge in [-0.2, -0.15) is 13.2 Å². The van der Waals surface area contributed by atoms with Gasteiger partial charge in [-0.15, -0.1) is 0 Å². The second-order valence-electron chi connectivity index (χ2n) is 1.62. The fourth-order valence-electron chi connectivity index (χ4n) is 0.266. The number of hydrogen-bond acceptors (Lipinski definition) is 2. The average Bonchev–Trinajstić information content (AvgIpc) is 1.60. The van der Waals surface area contributed by atoms with Gasteiger partial charge in [-0.25, -0.2) is 0 Å². The van der Waals surface area contributed by atoms with Gasteiger partial charge in [0.25, 0.3) is 0 Å². The van der Waals surface area contributed by atoms with Gasteiger partial charge >= 0.3 is 23.2 Å². The maximum absolute atomic E-state index is 11.3. The van der Waals surface area contributed by atoms with Gasteiger partial charge in [0.05, 0.1) is 0 Å². The Morgan fingerprint density at radius 1 is 1.45 bits per heavy atom. The zero-order chi connectivity index (χ0) is 8.36. The van der Waals surface area contributed by atoms with Gasteiger partial charge in [0.15, 0.2) is 5.78 Å². The second-order valence-corrected chi connectivity index (χ2v) is 1.62. The Morgan fingerprint density at radius 3 is 1.91 bits per heavy atom. The third kappa shape index (κ3) is 5.94. The molecule has 0 fully saturated rings. The van der Waals surface area contributed by atoms with Crippen LogP contribution >= 0.6 is 0 Å². The first-order chi connectivity index (χ1) is 4.34. The zero-order valence-corrected chi connectivity index (χ0v) is 6.49. The minimum absolute atomic E-state index is 0. The SMILES string of the molecule is CC(=O)/C=C(\[O-])C(F)(F)F.[Fe+3]. The zero-order valence-electron chi connectivity index (χ0n) is 5.38. The van der Waals surface area contributed by atoms with Crippen molar-refractivity contribution in [1.82, 2.24) is 0 Å². The van der Waals surface area contributed by atoms with Crippen LogP contribution in [-0.2, 0) is 21.9 Å². The molecule has 0 aliphatic heterocycles. The summed E-state index contributed by atoms with van der Waals surface area (Å²) in [4.78, 5) is 9.92. The molecule has 0 aliphatic rings. The number of carbonyl (C=O) groups excluding carboxylic acids is 1. The number of ketones is 1. The fraction of sp³-hybridized carbons (Fsp3) is 0.400. The minimum Gasteiger partial charge on any atom is -0.869 e. The number of allylic oxidation sites excluding steroid dienone is 2. The van der Waals surface area contributed by atoms with Gasteiger partial charge in [-0.3, -0.25) is 4.79 Å². The van der Waals surface area contributed by atoms with E-state index in [4.69, 9.17) is 0 Å². The molecule has 0 aliphatic carbocycles. The Labute approximate surface area is 71.6 Å². The van der Waals surface area contributed by atoms with E-state index in [2.05, 4.69) is 0 Å². The summed E-state index contributed by atoms with van der Waals surface area (Å²) in [5, 5.41) is 9.87. The Morgan fingerprint density at radius 2 is 1.82 bits per heavy atom. The van der Waals surface area contributed by atoms with Gasteiger partial charge in [-0.05, 0) is 18.8 Å². The van der Waals surface area contributed by atoms with Crippen LogP contribution in [0.3, 0.4) is 0 Å². The number of halogens is 3. The molecule has 0 aromatic rings. The van der Waals surface area contributed by atoms with Gasteiger partial charge in [-0.1, -0.05) is 0 Å². The fourth-order valence-corrected chi connectivity index (χ4v) is 0.266. The van der Waals surface area contributed by atoms with Crippen molar-refractivity contribution in [3.63, 3.8) is 0 Å². The topological polar surface area (TPSA) is 40.1 Å². The van der Waals surface area contributed by atoms with Crippen molar-refractivity contribution in [3.8, 4) is 0 Å². The van der Waals surface area contributed by atoms with E-state index in [0.717, 1.165) is 6.92 Å². The molecule has 0 bridgehead atoms. The van der Waals surface area contributed by atoms with Crippen molar-refractivity contribution in [1.29, 1.82) is 0 Å². The molecule has 1 radical (unpaired) electrons. The quantitative estimate of drug-likeness (QED) is 0.355. The molecular formula is C5H4F3FeO2+2. The summed E-state index contributed by atoms with van der Waals surface area (Å²) in [5.74, 6) is -3.01. The third-order valence-corrected chi connectivity index (χ3v) is 0.614. The van der Waals surface area contributed by atoms with Crippen LogP contribution in [-0.4, -0.2) is 12.0 Å². The van der Waals surface area contributed by atoms with E-state index in [1.807, 2.05) is 0 Å². The first-order valence-electron chi connectivity index (χ1n) is 2.30. The Kier molecular flexibility index (Phi) is 5.26. The van der Waals surface area contributed by atoms with Crippen LogP contribution in [0.4, 0.5) is 13.2 Å². The summed E-state index contributed by atoms with van der Waals surface area (Å²) >= 11 is 0. The van der Waals surface area contributed by atoms with Crippen molar-refractivity contribution in [3.05, 3.63) is 11.8 Å². The smallest absolute Gasteiger partial charge is 0.869 e. The summed E-state index contributed by atoms with van der Waals surface area (Å²) in [6, 6.07) is 0. The predicted molar refractivity (Wildman–Crippen MR) is 24.8 cm³/mol. The van der Waals surface area contributed by atoms with Crippen LogP contribution in [0.1, 0.15) is 6.92 Å². The molecule has 0 heterocycles. The molecule has 0 rings (SSSR count). The van der Waals surface area contributed by atoms with Gasteiger partial charge < -0.3 is 5.11 Å². The summed E-state index contributed by atoms with van der Waals surface area (Å²) < 4.78 is 33.8. The minimum atomic E-state index is -4.92. The Balaban J connectivity index is 0. The molecule has 0 saturated heterocycles. The molecule has 0 aromatic heterocycles. The first kappa shape index (κ1) is 13.1. The monoisotopic (exact) mass is 209 g/mol. The van der Waals surface area contributed by atoms with E-state index in [-0.39, 0.29) is 23.1 Å². The molecule has 11 heavy (non-hydrogen) atoms. The summed E-state index contributed by atoms with van der Waals surface area (Å²) in [6.45, 7) is 0.879. The largest absolute Gasteiger partial charge is 3.00 e. The van der Waals surface area contributed by atoms with Crippen molar-refractivity contribution in [2.24, 2.45) is 0 Å². The maximum Gasteiger partial charge on any atom is 3.00 e. The van der Waals surface area contributed by atoms with E-state index in [1.54, 1.807) is 0 Å². The van der Waals surface area contributed by atoms with Crippen LogP contribution in [0, 0.1) is 0 Å². The summed E-state index contributed by atoms with van der Waals surface area (Å²) in [7, 11) is 0. The molecule has 0 saturated carbocycles. The van der Waals surface area contributed by atoms with Crippen LogP contribution in [0.2, 0.25) is 0 Å². The second kappa shape index (κ2) is 4.41. The molecule has 0 atom stereocenters. The van der Waals surface area contributed by atoms with E-state index in [9.17, 15) is 23.1 Å². The molecule has 6 heteroatoms.